The number of hydrogen-bond acceptors (Lipinski definition) is 2. The minimum atomic E-state index is -0.869. The SMILES string of the molecule is CCCCC(Cl)(Cl)C1OCCO1. The highest BCUT2D eigenvalue weighted by Gasteiger charge is 2.38. The van der Waals surface area contributed by atoms with Crippen LogP contribution in [0.3, 0.4) is 0 Å². The highest BCUT2D eigenvalue weighted by molar-refractivity contribution is 6.48. The zero-order chi connectivity index (χ0) is 9.03. The first kappa shape index (κ1) is 10.6. The summed E-state index contributed by atoms with van der Waals surface area (Å²) in [4.78, 5) is 0. The second kappa shape index (κ2) is 4.66. The molecule has 0 spiro atoms. The van der Waals surface area contributed by atoms with Gasteiger partial charge in [-0.1, -0.05) is 43.0 Å². The molecule has 0 aliphatic carbocycles. The van der Waals surface area contributed by atoms with Gasteiger partial charge in [0, 0.05) is 0 Å². The summed E-state index contributed by atoms with van der Waals surface area (Å²) in [5, 5.41) is 0. The van der Waals surface area contributed by atoms with Gasteiger partial charge in [-0.05, 0) is 6.42 Å². The van der Waals surface area contributed by atoms with Crippen LogP contribution in [0.5, 0.6) is 0 Å². The zero-order valence-electron chi connectivity index (χ0n) is 7.19. The maximum atomic E-state index is 6.04. The van der Waals surface area contributed by atoms with E-state index in [-0.39, 0.29) is 0 Å². The number of alkyl halides is 2. The Labute approximate surface area is 83.1 Å². The van der Waals surface area contributed by atoms with E-state index in [1.807, 2.05) is 0 Å². The molecule has 0 radical (unpaired) electrons. The van der Waals surface area contributed by atoms with Crippen molar-refractivity contribution in [3.05, 3.63) is 0 Å². The zero-order valence-corrected chi connectivity index (χ0v) is 8.70. The van der Waals surface area contributed by atoms with E-state index in [2.05, 4.69) is 6.92 Å². The third-order valence-corrected chi connectivity index (χ3v) is 2.56. The minimum absolute atomic E-state index is 0.438. The van der Waals surface area contributed by atoms with Gasteiger partial charge in [0.05, 0.1) is 13.2 Å². The van der Waals surface area contributed by atoms with Crippen molar-refractivity contribution in [1.29, 1.82) is 0 Å². The molecule has 0 unspecified atom stereocenters. The molecule has 2 nitrogen and oxygen atoms in total. The van der Waals surface area contributed by atoms with Gasteiger partial charge in [0.25, 0.3) is 0 Å². The molecule has 0 atom stereocenters. The smallest absolute Gasteiger partial charge is 0.190 e. The van der Waals surface area contributed by atoms with Crippen LogP contribution >= 0.6 is 23.2 Å². The molecule has 1 fully saturated rings. The molecule has 12 heavy (non-hydrogen) atoms. The van der Waals surface area contributed by atoms with Gasteiger partial charge >= 0.3 is 0 Å². The van der Waals surface area contributed by atoms with Crippen molar-refractivity contribution in [2.75, 3.05) is 13.2 Å². The molecule has 1 aliphatic rings. The summed E-state index contributed by atoms with van der Waals surface area (Å²) < 4.78 is 9.59. The normalized spacial score (nSPS) is 20.2. The van der Waals surface area contributed by atoms with E-state index >= 15 is 0 Å². The lowest BCUT2D eigenvalue weighted by Crippen LogP contribution is -2.31. The van der Waals surface area contributed by atoms with E-state index in [1.165, 1.54) is 0 Å². The lowest BCUT2D eigenvalue weighted by atomic mass is 10.2. The average Bonchev–Trinajstić information content (AvgIpc) is 2.53. The van der Waals surface area contributed by atoms with E-state index in [0.29, 0.717) is 13.2 Å². The van der Waals surface area contributed by atoms with E-state index in [9.17, 15) is 0 Å². The second-order valence-electron chi connectivity index (χ2n) is 2.94. The predicted octanol–water partition coefficient (Wildman–Crippen LogP) is 2.72. The maximum Gasteiger partial charge on any atom is 0.190 e. The fourth-order valence-electron chi connectivity index (χ4n) is 1.13. The van der Waals surface area contributed by atoms with Gasteiger partial charge in [-0.15, -0.1) is 0 Å². The topological polar surface area (TPSA) is 18.5 Å². The number of unbranched alkanes of at least 4 members (excludes halogenated alkanes) is 1. The molecule has 1 aliphatic heterocycles. The quantitative estimate of drug-likeness (QED) is 0.668. The highest BCUT2D eigenvalue weighted by Crippen LogP contribution is 2.35. The number of rotatable bonds is 4. The molecule has 1 heterocycles. The Morgan fingerprint density at radius 2 is 1.92 bits per heavy atom. The molecule has 0 aromatic rings. The summed E-state index contributed by atoms with van der Waals surface area (Å²) in [5.41, 5.74) is 0. The Morgan fingerprint density at radius 3 is 2.42 bits per heavy atom. The summed E-state index contributed by atoms with van der Waals surface area (Å²) >= 11 is 12.1. The van der Waals surface area contributed by atoms with Crippen molar-refractivity contribution in [1.82, 2.24) is 0 Å². The highest BCUT2D eigenvalue weighted by atomic mass is 35.5. The molecule has 0 aromatic heterocycles. The number of ether oxygens (including phenoxy) is 2. The van der Waals surface area contributed by atoms with Gasteiger partial charge < -0.3 is 9.47 Å². The molecule has 0 N–H and O–H groups in total. The van der Waals surface area contributed by atoms with Crippen LogP contribution in [0.25, 0.3) is 0 Å². The molecule has 1 rings (SSSR count). The monoisotopic (exact) mass is 212 g/mol. The largest absolute Gasteiger partial charge is 0.347 e. The van der Waals surface area contributed by atoms with Crippen LogP contribution in [0.1, 0.15) is 26.2 Å². The minimum Gasteiger partial charge on any atom is -0.347 e. The van der Waals surface area contributed by atoms with Gasteiger partial charge in [-0.25, -0.2) is 0 Å². The molecule has 72 valence electrons. The van der Waals surface area contributed by atoms with Gasteiger partial charge in [0.15, 0.2) is 10.6 Å². The van der Waals surface area contributed by atoms with Crippen molar-refractivity contribution in [3.63, 3.8) is 0 Å². The number of hydrogen-bond donors (Lipinski definition) is 0. The summed E-state index contributed by atoms with van der Waals surface area (Å²) in [7, 11) is 0. The standard InChI is InChI=1S/C8H14Cl2O2/c1-2-3-4-8(9,10)7-11-5-6-12-7/h7H,2-6H2,1H3. The molecular formula is C8H14Cl2O2. The Bertz CT molecular complexity index is 133. The van der Waals surface area contributed by atoms with E-state index < -0.39 is 10.6 Å². The molecule has 0 aromatic carbocycles. The summed E-state index contributed by atoms with van der Waals surface area (Å²) in [6.45, 7) is 3.29. The van der Waals surface area contributed by atoms with Crippen LogP contribution in [-0.4, -0.2) is 23.8 Å². The van der Waals surface area contributed by atoms with Crippen LogP contribution in [0.4, 0.5) is 0 Å². The fraction of sp³-hybridized carbons (Fsp3) is 1.00. The molecular weight excluding hydrogens is 199 g/mol. The first-order valence-corrected chi connectivity index (χ1v) is 5.03. The van der Waals surface area contributed by atoms with E-state index in [1.54, 1.807) is 0 Å². The molecule has 4 heteroatoms. The van der Waals surface area contributed by atoms with Crippen LogP contribution in [-0.2, 0) is 9.47 Å². The first-order chi connectivity index (χ1) is 5.67. The second-order valence-corrected chi connectivity index (χ2v) is 4.48. The Hall–Kier alpha value is 0.500. The van der Waals surface area contributed by atoms with Gasteiger partial charge in [0.1, 0.15) is 0 Å². The lowest BCUT2D eigenvalue weighted by Gasteiger charge is -2.24. The number of halogens is 2. The van der Waals surface area contributed by atoms with Gasteiger partial charge in [-0.3, -0.25) is 0 Å². The third kappa shape index (κ3) is 2.77. The van der Waals surface area contributed by atoms with E-state index in [0.717, 1.165) is 19.3 Å². The fourth-order valence-corrected chi connectivity index (χ4v) is 1.65. The van der Waals surface area contributed by atoms with Gasteiger partial charge in [0.2, 0.25) is 0 Å². The molecule has 1 saturated heterocycles. The first-order valence-electron chi connectivity index (χ1n) is 4.28. The van der Waals surface area contributed by atoms with E-state index in [4.69, 9.17) is 32.7 Å². The van der Waals surface area contributed by atoms with Crippen LogP contribution in [0.2, 0.25) is 0 Å². The predicted molar refractivity (Wildman–Crippen MR) is 49.7 cm³/mol. The summed E-state index contributed by atoms with van der Waals surface area (Å²) in [6.07, 6.45) is 2.36. The van der Waals surface area contributed by atoms with Crippen molar-refractivity contribution in [3.8, 4) is 0 Å². The van der Waals surface area contributed by atoms with Crippen molar-refractivity contribution >= 4 is 23.2 Å². The molecule has 0 saturated carbocycles. The Morgan fingerprint density at radius 1 is 1.33 bits per heavy atom. The van der Waals surface area contributed by atoms with Crippen LogP contribution in [0.15, 0.2) is 0 Å². The summed E-state index contributed by atoms with van der Waals surface area (Å²) in [5.74, 6) is 0. The Balaban J connectivity index is 2.34. The third-order valence-electron chi connectivity index (χ3n) is 1.83. The molecule has 0 bridgehead atoms. The van der Waals surface area contributed by atoms with Crippen molar-refractivity contribution in [2.45, 2.75) is 36.8 Å². The van der Waals surface area contributed by atoms with Crippen LogP contribution in [0, 0.1) is 0 Å². The molecule has 0 amide bonds. The average molecular weight is 213 g/mol. The lowest BCUT2D eigenvalue weighted by molar-refractivity contribution is -0.0545. The van der Waals surface area contributed by atoms with Crippen molar-refractivity contribution < 1.29 is 9.47 Å². The Kier molecular flexibility index (Phi) is 4.11. The summed E-state index contributed by atoms with van der Waals surface area (Å²) in [6, 6.07) is 0. The van der Waals surface area contributed by atoms with Crippen LogP contribution < -0.4 is 0 Å². The van der Waals surface area contributed by atoms with Gasteiger partial charge in [-0.2, -0.15) is 0 Å². The maximum absolute atomic E-state index is 6.04. The van der Waals surface area contributed by atoms with Crippen molar-refractivity contribution in [2.24, 2.45) is 0 Å².